The molecule has 132 valence electrons. The summed E-state index contributed by atoms with van der Waals surface area (Å²) in [5.41, 5.74) is 1.84. The molecule has 0 atom stereocenters. The number of rotatable bonds is 1. The maximum absolute atomic E-state index is 13.4. The summed E-state index contributed by atoms with van der Waals surface area (Å²) >= 11 is 5.98. The lowest BCUT2D eigenvalue weighted by atomic mass is 9.81. The Morgan fingerprint density at radius 2 is 1.68 bits per heavy atom. The van der Waals surface area contributed by atoms with E-state index in [4.69, 9.17) is 11.6 Å². The molecule has 0 saturated heterocycles. The van der Waals surface area contributed by atoms with Crippen LogP contribution in [0.15, 0.2) is 35.5 Å². The van der Waals surface area contributed by atoms with Crippen LogP contribution < -0.4 is 5.32 Å². The fourth-order valence-electron chi connectivity index (χ4n) is 4.51. The van der Waals surface area contributed by atoms with Crippen LogP contribution in [-0.2, 0) is 4.79 Å². The highest BCUT2D eigenvalue weighted by molar-refractivity contribution is 6.30. The molecule has 1 aromatic rings. The van der Waals surface area contributed by atoms with Gasteiger partial charge in [0.05, 0.1) is 0 Å². The van der Waals surface area contributed by atoms with Crippen molar-refractivity contribution in [2.24, 2.45) is 0 Å². The number of nitrogens with zero attached hydrogens (tertiary/aromatic N) is 1. The van der Waals surface area contributed by atoms with Crippen molar-refractivity contribution in [3.8, 4) is 0 Å². The molecule has 3 aliphatic rings. The normalized spacial score (nSPS) is 22.6. The van der Waals surface area contributed by atoms with Crippen LogP contribution >= 0.6 is 11.6 Å². The van der Waals surface area contributed by atoms with Gasteiger partial charge in [0.2, 0.25) is 0 Å². The first-order chi connectivity index (χ1) is 12.1. The first-order valence-corrected chi connectivity index (χ1v) is 9.63. The number of amides is 2. The van der Waals surface area contributed by atoms with E-state index in [1.807, 2.05) is 4.90 Å². The number of halogens is 1. The van der Waals surface area contributed by atoms with Gasteiger partial charge in [-0.1, -0.05) is 18.0 Å². The molecule has 1 aliphatic heterocycles. The van der Waals surface area contributed by atoms with E-state index in [1.54, 1.807) is 24.3 Å². The van der Waals surface area contributed by atoms with E-state index in [2.05, 4.69) is 5.32 Å². The number of benzene rings is 1. The van der Waals surface area contributed by atoms with Crippen molar-refractivity contribution in [2.75, 3.05) is 0 Å². The monoisotopic (exact) mass is 358 g/mol. The van der Waals surface area contributed by atoms with Crippen molar-refractivity contribution in [1.29, 1.82) is 0 Å². The molecule has 1 fully saturated rings. The summed E-state index contributed by atoms with van der Waals surface area (Å²) in [4.78, 5) is 28.1. The molecule has 1 heterocycles. The number of hydrogen-bond donors (Lipinski definition) is 1. The van der Waals surface area contributed by atoms with Crippen LogP contribution in [0, 0.1) is 0 Å². The highest BCUT2D eigenvalue weighted by atomic mass is 35.5. The summed E-state index contributed by atoms with van der Waals surface area (Å²) in [6.07, 6.45) is 8.51. The van der Waals surface area contributed by atoms with Crippen molar-refractivity contribution in [3.63, 3.8) is 0 Å². The minimum absolute atomic E-state index is 0.0204. The van der Waals surface area contributed by atoms with Crippen molar-refractivity contribution in [2.45, 2.75) is 63.5 Å². The first kappa shape index (κ1) is 16.6. The zero-order valence-electron chi connectivity index (χ0n) is 14.3. The maximum Gasteiger partial charge on any atom is 0.259 e. The molecule has 0 aromatic heterocycles. The second-order valence-corrected chi connectivity index (χ2v) is 7.76. The van der Waals surface area contributed by atoms with Gasteiger partial charge in [-0.15, -0.1) is 0 Å². The van der Waals surface area contributed by atoms with Crippen LogP contribution in [0.1, 0.15) is 68.1 Å². The van der Waals surface area contributed by atoms with E-state index in [1.165, 1.54) is 0 Å². The quantitative estimate of drug-likeness (QED) is 0.808. The number of nitrogens with one attached hydrogen (secondary N) is 1. The summed E-state index contributed by atoms with van der Waals surface area (Å²) in [5, 5.41) is 3.84. The Balaban J connectivity index is 1.80. The number of hydrogen-bond acceptors (Lipinski definition) is 2. The number of carbonyl (C=O) groups is 2. The summed E-state index contributed by atoms with van der Waals surface area (Å²) in [5.74, 6) is 0.0183. The Hall–Kier alpha value is -1.81. The molecule has 25 heavy (non-hydrogen) atoms. The van der Waals surface area contributed by atoms with Crippen molar-refractivity contribution < 1.29 is 9.59 Å². The Bertz CT molecular complexity index is 733. The Kier molecular flexibility index (Phi) is 4.32. The van der Waals surface area contributed by atoms with E-state index in [9.17, 15) is 9.59 Å². The minimum Gasteiger partial charge on any atom is -0.329 e. The second-order valence-electron chi connectivity index (χ2n) is 7.33. The number of allylic oxidation sites excluding steroid dienone is 1. The van der Waals surface area contributed by atoms with Crippen LogP contribution in [0.25, 0.3) is 0 Å². The molecular weight excluding hydrogens is 336 g/mol. The van der Waals surface area contributed by atoms with Gasteiger partial charge in [0.15, 0.2) is 0 Å². The summed E-state index contributed by atoms with van der Waals surface area (Å²) in [6.45, 7) is 0. The minimum atomic E-state index is -0.553. The Morgan fingerprint density at radius 3 is 2.40 bits per heavy atom. The molecule has 0 bridgehead atoms. The second kappa shape index (κ2) is 6.49. The van der Waals surface area contributed by atoms with E-state index < -0.39 is 5.66 Å². The molecule has 1 N–H and O–H groups in total. The molecule has 0 radical (unpaired) electrons. The topological polar surface area (TPSA) is 49.4 Å². The highest BCUT2D eigenvalue weighted by Crippen LogP contribution is 2.42. The molecular formula is C20H23ClN2O2. The summed E-state index contributed by atoms with van der Waals surface area (Å²) in [6, 6.07) is 7.06. The van der Waals surface area contributed by atoms with Gasteiger partial charge >= 0.3 is 0 Å². The molecule has 1 aromatic carbocycles. The van der Waals surface area contributed by atoms with Gasteiger partial charge in [-0.2, -0.15) is 0 Å². The first-order valence-electron chi connectivity index (χ1n) is 9.25. The molecule has 2 aliphatic carbocycles. The maximum atomic E-state index is 13.4. The fraction of sp³-hybridized carbons (Fsp3) is 0.500. The standard InChI is InChI=1S/C20H23ClN2O2/c21-15-10-8-14(9-11-15)19(25)23-17-7-3-2-6-16(17)18(24)22-20(23)12-4-1-5-13-20/h8-11H,1-7,12-13H2,(H,22,24). The molecule has 1 spiro atoms. The van der Waals surface area contributed by atoms with Gasteiger partial charge in [0, 0.05) is 21.9 Å². The van der Waals surface area contributed by atoms with E-state index in [-0.39, 0.29) is 11.8 Å². The Labute approximate surface area is 153 Å². The van der Waals surface area contributed by atoms with E-state index >= 15 is 0 Å². The smallest absolute Gasteiger partial charge is 0.259 e. The largest absolute Gasteiger partial charge is 0.329 e. The Morgan fingerprint density at radius 1 is 1.00 bits per heavy atom. The zero-order valence-corrected chi connectivity index (χ0v) is 15.1. The lowest BCUT2D eigenvalue weighted by molar-refractivity contribution is -0.124. The third-order valence-corrected chi connectivity index (χ3v) is 5.98. The van der Waals surface area contributed by atoms with Gasteiger partial charge in [-0.3, -0.25) is 14.5 Å². The van der Waals surface area contributed by atoms with Crippen LogP contribution in [-0.4, -0.2) is 22.4 Å². The van der Waals surface area contributed by atoms with E-state index in [0.29, 0.717) is 10.6 Å². The van der Waals surface area contributed by atoms with Gasteiger partial charge in [0.1, 0.15) is 5.66 Å². The molecule has 4 nitrogen and oxygen atoms in total. The fourth-order valence-corrected chi connectivity index (χ4v) is 4.63. The molecule has 5 heteroatoms. The molecule has 2 amide bonds. The highest BCUT2D eigenvalue weighted by Gasteiger charge is 2.48. The third kappa shape index (κ3) is 2.86. The van der Waals surface area contributed by atoms with Crippen LogP contribution in [0.3, 0.4) is 0 Å². The van der Waals surface area contributed by atoms with Gasteiger partial charge in [-0.25, -0.2) is 0 Å². The lowest BCUT2D eigenvalue weighted by Crippen LogP contribution is -2.66. The van der Waals surface area contributed by atoms with Crippen LogP contribution in [0.2, 0.25) is 5.02 Å². The number of carbonyl (C=O) groups excluding carboxylic acids is 2. The molecule has 1 saturated carbocycles. The van der Waals surface area contributed by atoms with Crippen molar-refractivity contribution in [3.05, 3.63) is 46.1 Å². The third-order valence-electron chi connectivity index (χ3n) is 5.73. The van der Waals surface area contributed by atoms with Crippen LogP contribution in [0.4, 0.5) is 0 Å². The van der Waals surface area contributed by atoms with E-state index in [0.717, 1.165) is 69.1 Å². The van der Waals surface area contributed by atoms with Crippen LogP contribution in [0.5, 0.6) is 0 Å². The summed E-state index contributed by atoms with van der Waals surface area (Å²) < 4.78 is 0. The predicted octanol–water partition coefficient (Wildman–Crippen LogP) is 4.40. The average Bonchev–Trinajstić information content (AvgIpc) is 2.63. The van der Waals surface area contributed by atoms with Crippen molar-refractivity contribution in [1.82, 2.24) is 10.2 Å². The van der Waals surface area contributed by atoms with Crippen molar-refractivity contribution >= 4 is 23.4 Å². The molecule has 4 rings (SSSR count). The lowest BCUT2D eigenvalue weighted by Gasteiger charge is -2.51. The zero-order chi connectivity index (χ0) is 17.4. The van der Waals surface area contributed by atoms with Gasteiger partial charge in [-0.05, 0) is 75.6 Å². The van der Waals surface area contributed by atoms with Gasteiger partial charge in [0.25, 0.3) is 11.8 Å². The average molecular weight is 359 g/mol. The summed E-state index contributed by atoms with van der Waals surface area (Å²) in [7, 11) is 0. The predicted molar refractivity (Wildman–Crippen MR) is 97.1 cm³/mol. The molecule has 0 unspecified atom stereocenters. The van der Waals surface area contributed by atoms with Gasteiger partial charge < -0.3 is 5.32 Å². The SMILES string of the molecule is O=C1NC2(CCCCC2)N(C(=O)c2ccc(Cl)cc2)C2=C1CCCC2.